The van der Waals surface area contributed by atoms with E-state index in [0.717, 1.165) is 38.2 Å². The monoisotopic (exact) mass is 401 g/mol. The molecule has 1 heterocycles. The number of amides is 2. The zero-order valence-electron chi connectivity index (χ0n) is 15.9. The number of urea groups is 1. The summed E-state index contributed by atoms with van der Waals surface area (Å²) < 4.78 is 38.0. The minimum Gasteiger partial charge on any atom is -0.337 e. The molecule has 152 valence electrons. The first kappa shape index (κ1) is 20.7. The molecule has 2 N–H and O–H groups in total. The summed E-state index contributed by atoms with van der Waals surface area (Å²) in [5.41, 5.74) is 2.23. The molecule has 0 saturated heterocycles. The minimum absolute atomic E-state index is 0.0547. The first-order chi connectivity index (χ1) is 13.9. The summed E-state index contributed by atoms with van der Waals surface area (Å²) in [6, 6.07) is 12.8. The number of halogens is 3. The number of carbonyl (C=O) groups is 1. The molecule has 3 rings (SSSR count). The van der Waals surface area contributed by atoms with Gasteiger partial charge in [0.25, 0.3) is 0 Å². The van der Waals surface area contributed by atoms with Gasteiger partial charge in [-0.05, 0) is 35.7 Å². The molecule has 4 nitrogen and oxygen atoms in total. The molecule has 1 aliphatic rings. The van der Waals surface area contributed by atoms with Crippen LogP contribution in [0.25, 0.3) is 0 Å². The van der Waals surface area contributed by atoms with Gasteiger partial charge in [-0.2, -0.15) is 13.2 Å². The predicted molar refractivity (Wildman–Crippen MR) is 105 cm³/mol. The van der Waals surface area contributed by atoms with E-state index in [0.29, 0.717) is 6.54 Å². The predicted octanol–water partition coefficient (Wildman–Crippen LogP) is 3.41. The van der Waals surface area contributed by atoms with Gasteiger partial charge in [0.1, 0.15) is 0 Å². The van der Waals surface area contributed by atoms with Crippen molar-refractivity contribution in [2.45, 2.75) is 19.1 Å². The molecule has 0 fully saturated rings. The van der Waals surface area contributed by atoms with Crippen molar-refractivity contribution in [3.05, 3.63) is 70.8 Å². The lowest BCUT2D eigenvalue weighted by Crippen LogP contribution is -2.41. The van der Waals surface area contributed by atoms with Crippen molar-refractivity contribution in [2.75, 3.05) is 26.2 Å². The van der Waals surface area contributed by atoms with Crippen LogP contribution in [0.15, 0.2) is 48.5 Å². The van der Waals surface area contributed by atoms with Crippen LogP contribution < -0.4 is 10.6 Å². The van der Waals surface area contributed by atoms with Gasteiger partial charge in [0.15, 0.2) is 0 Å². The molecule has 2 aromatic rings. The Kier molecular flexibility index (Phi) is 6.78. The topological polar surface area (TPSA) is 44.4 Å². The van der Waals surface area contributed by atoms with Crippen LogP contribution in [0.3, 0.4) is 0 Å². The molecule has 0 unspecified atom stereocenters. The van der Waals surface area contributed by atoms with Gasteiger partial charge in [-0.3, -0.25) is 4.90 Å². The maximum atomic E-state index is 12.7. The highest BCUT2D eigenvalue weighted by molar-refractivity contribution is 5.74. The van der Waals surface area contributed by atoms with Crippen molar-refractivity contribution in [1.82, 2.24) is 15.5 Å². The van der Waals surface area contributed by atoms with Gasteiger partial charge in [0, 0.05) is 31.7 Å². The Morgan fingerprint density at radius 3 is 2.66 bits per heavy atom. The number of fused-ring (bicyclic) bond motifs is 1. The fraction of sp³-hybridized carbons (Fsp3) is 0.318. The van der Waals surface area contributed by atoms with Gasteiger partial charge >= 0.3 is 12.2 Å². The van der Waals surface area contributed by atoms with E-state index < -0.39 is 11.7 Å². The van der Waals surface area contributed by atoms with Gasteiger partial charge in [0.05, 0.1) is 12.1 Å². The van der Waals surface area contributed by atoms with Gasteiger partial charge < -0.3 is 10.6 Å². The van der Waals surface area contributed by atoms with Crippen LogP contribution in [0.1, 0.15) is 22.3 Å². The van der Waals surface area contributed by atoms with Gasteiger partial charge in [-0.25, -0.2) is 4.79 Å². The molecular formula is C22H22F3N3O. The first-order valence-corrected chi connectivity index (χ1v) is 9.39. The van der Waals surface area contributed by atoms with Crippen molar-refractivity contribution in [3.8, 4) is 11.8 Å². The summed E-state index contributed by atoms with van der Waals surface area (Å²) in [6.07, 6.45) is -3.39. The number of nitrogens with zero attached hydrogens (tertiary/aromatic N) is 1. The lowest BCUT2D eigenvalue weighted by Gasteiger charge is -2.28. The summed E-state index contributed by atoms with van der Waals surface area (Å²) in [5, 5.41) is 5.36. The highest BCUT2D eigenvalue weighted by Crippen LogP contribution is 2.29. The highest BCUT2D eigenvalue weighted by Gasteiger charge is 2.30. The molecule has 0 atom stereocenters. The van der Waals surface area contributed by atoms with Crippen LogP contribution in [0.2, 0.25) is 0 Å². The van der Waals surface area contributed by atoms with Gasteiger partial charge in [-0.1, -0.05) is 42.2 Å². The fourth-order valence-electron chi connectivity index (χ4n) is 3.18. The van der Waals surface area contributed by atoms with E-state index in [1.165, 1.54) is 23.3 Å². The molecule has 0 spiro atoms. The Morgan fingerprint density at radius 2 is 1.86 bits per heavy atom. The van der Waals surface area contributed by atoms with Crippen molar-refractivity contribution < 1.29 is 18.0 Å². The number of nitrogens with one attached hydrogen (secondary N) is 2. The van der Waals surface area contributed by atoms with Crippen molar-refractivity contribution >= 4 is 6.03 Å². The Morgan fingerprint density at radius 1 is 1.07 bits per heavy atom. The average molecular weight is 401 g/mol. The summed E-state index contributed by atoms with van der Waals surface area (Å²) in [5.74, 6) is 5.29. The average Bonchev–Trinajstić information content (AvgIpc) is 2.71. The van der Waals surface area contributed by atoms with E-state index in [2.05, 4.69) is 45.6 Å². The van der Waals surface area contributed by atoms with Crippen LogP contribution >= 0.6 is 0 Å². The molecule has 0 bridgehead atoms. The first-order valence-electron chi connectivity index (χ1n) is 9.39. The third-order valence-electron chi connectivity index (χ3n) is 4.68. The number of alkyl halides is 3. The summed E-state index contributed by atoms with van der Waals surface area (Å²) in [4.78, 5) is 14.1. The van der Waals surface area contributed by atoms with Crippen molar-refractivity contribution in [2.24, 2.45) is 0 Å². The lowest BCUT2D eigenvalue weighted by atomic mass is 10.00. The molecule has 0 saturated carbocycles. The molecule has 29 heavy (non-hydrogen) atoms. The number of hydrogen-bond donors (Lipinski definition) is 2. The Hall–Kier alpha value is -2.98. The van der Waals surface area contributed by atoms with Crippen molar-refractivity contribution in [3.63, 3.8) is 0 Å². The molecule has 0 aliphatic carbocycles. The fourth-order valence-corrected chi connectivity index (χ4v) is 3.18. The van der Waals surface area contributed by atoms with E-state index in [9.17, 15) is 18.0 Å². The third-order valence-corrected chi connectivity index (χ3v) is 4.68. The van der Waals surface area contributed by atoms with Crippen molar-refractivity contribution in [1.29, 1.82) is 0 Å². The molecule has 1 aliphatic heterocycles. The van der Waals surface area contributed by atoms with Gasteiger partial charge in [-0.15, -0.1) is 0 Å². The lowest BCUT2D eigenvalue weighted by molar-refractivity contribution is -0.137. The third kappa shape index (κ3) is 6.26. The Balaban J connectivity index is 1.37. The van der Waals surface area contributed by atoms with Crippen LogP contribution in [-0.4, -0.2) is 37.1 Å². The molecular weight excluding hydrogens is 379 g/mol. The second kappa shape index (κ2) is 9.48. The summed E-state index contributed by atoms with van der Waals surface area (Å²) >= 11 is 0. The number of rotatable bonds is 4. The normalized spacial score (nSPS) is 13.8. The highest BCUT2D eigenvalue weighted by atomic mass is 19.4. The summed E-state index contributed by atoms with van der Waals surface area (Å²) in [7, 11) is 0. The Bertz CT molecular complexity index is 915. The second-order valence-corrected chi connectivity index (χ2v) is 6.78. The minimum atomic E-state index is -4.40. The zero-order valence-corrected chi connectivity index (χ0v) is 15.9. The number of benzene rings is 2. The maximum absolute atomic E-state index is 12.7. The number of carbonyl (C=O) groups excluding carboxylic acids is 1. The molecule has 0 radical (unpaired) electrons. The number of hydrogen-bond acceptors (Lipinski definition) is 2. The van der Waals surface area contributed by atoms with E-state index in [4.69, 9.17) is 0 Å². The van der Waals surface area contributed by atoms with E-state index in [-0.39, 0.29) is 18.1 Å². The second-order valence-electron chi connectivity index (χ2n) is 6.78. The van der Waals surface area contributed by atoms with Crippen LogP contribution in [0, 0.1) is 11.8 Å². The summed E-state index contributed by atoms with van der Waals surface area (Å²) in [6.45, 7) is 3.15. The molecule has 2 amide bonds. The molecule has 0 aromatic heterocycles. The molecule has 2 aromatic carbocycles. The van der Waals surface area contributed by atoms with Crippen LogP contribution in [0.5, 0.6) is 0 Å². The zero-order chi connectivity index (χ0) is 20.7. The largest absolute Gasteiger partial charge is 0.416 e. The standard InChI is InChI=1S/C22H22F3N3O/c23-22(24,25)20-9-3-5-17(15-20)6-4-11-26-21(29)27-12-14-28-13-10-18-7-1-2-8-19(18)16-28/h1-3,5,7-9,15H,10-14,16H2,(H2,26,27,29). The SMILES string of the molecule is O=C(NCC#Cc1cccc(C(F)(F)F)c1)NCCN1CCc2ccccc2C1. The van der Waals surface area contributed by atoms with Gasteiger partial charge in [0.2, 0.25) is 0 Å². The van der Waals surface area contributed by atoms with Crippen LogP contribution in [-0.2, 0) is 19.1 Å². The molecule has 7 heteroatoms. The quantitative estimate of drug-likeness (QED) is 0.772. The van der Waals surface area contributed by atoms with Crippen LogP contribution in [0.4, 0.5) is 18.0 Å². The maximum Gasteiger partial charge on any atom is 0.416 e. The Labute approximate surface area is 168 Å². The van der Waals surface area contributed by atoms with E-state index >= 15 is 0 Å². The smallest absolute Gasteiger partial charge is 0.337 e. The van der Waals surface area contributed by atoms with E-state index in [1.807, 2.05) is 6.07 Å². The van der Waals surface area contributed by atoms with E-state index in [1.54, 1.807) is 0 Å².